The van der Waals surface area contributed by atoms with E-state index >= 15 is 0 Å². The molecule has 0 amide bonds. The largest absolute Gasteiger partial charge is 0.493 e. The Kier molecular flexibility index (Phi) is 7.90. The van der Waals surface area contributed by atoms with E-state index in [2.05, 4.69) is 22.2 Å². The predicted octanol–water partition coefficient (Wildman–Crippen LogP) is 6.06. The minimum absolute atomic E-state index is 0.229. The van der Waals surface area contributed by atoms with Crippen molar-refractivity contribution >= 4 is 41.6 Å². The number of hydrogen-bond donors (Lipinski definition) is 1. The van der Waals surface area contributed by atoms with Gasteiger partial charge < -0.3 is 9.47 Å². The molecule has 0 atom stereocenters. The Labute approximate surface area is 190 Å². The lowest BCUT2D eigenvalue weighted by Gasteiger charge is -2.13. The average Bonchev–Trinajstić information content (AvgIpc) is 3.10. The lowest BCUT2D eigenvalue weighted by atomic mass is 10.2. The van der Waals surface area contributed by atoms with Crippen LogP contribution in [0.3, 0.4) is 0 Å². The molecule has 1 heterocycles. The van der Waals surface area contributed by atoms with Gasteiger partial charge in [0.15, 0.2) is 17.3 Å². The van der Waals surface area contributed by atoms with E-state index < -0.39 is 0 Å². The number of methoxy groups -OCH3 is 1. The summed E-state index contributed by atoms with van der Waals surface area (Å²) in [5.74, 6) is 1.96. The summed E-state index contributed by atoms with van der Waals surface area (Å²) in [6.07, 6.45) is 4.60. The van der Waals surface area contributed by atoms with E-state index in [1.165, 1.54) is 0 Å². The Morgan fingerprint density at radius 3 is 2.67 bits per heavy atom. The van der Waals surface area contributed by atoms with Gasteiger partial charge in [0.2, 0.25) is 4.77 Å². The van der Waals surface area contributed by atoms with Gasteiger partial charge in [-0.25, -0.2) is 0 Å². The molecule has 9 heteroatoms. The van der Waals surface area contributed by atoms with Crippen LogP contribution in [0.4, 0.5) is 0 Å². The molecule has 6 nitrogen and oxygen atoms in total. The third-order valence-corrected chi connectivity index (χ3v) is 5.39. The summed E-state index contributed by atoms with van der Waals surface area (Å²) < 4.78 is 13.5. The highest BCUT2D eigenvalue weighted by molar-refractivity contribution is 7.71. The smallest absolute Gasteiger partial charge is 0.216 e. The summed E-state index contributed by atoms with van der Waals surface area (Å²) in [5.41, 5.74) is 1.56. The molecule has 0 spiro atoms. The normalized spacial score (nSPS) is 11.2. The van der Waals surface area contributed by atoms with E-state index in [0.29, 0.717) is 26.3 Å². The van der Waals surface area contributed by atoms with Crippen molar-refractivity contribution in [1.82, 2.24) is 14.9 Å². The van der Waals surface area contributed by atoms with Crippen molar-refractivity contribution < 1.29 is 9.47 Å². The molecule has 30 heavy (non-hydrogen) atoms. The lowest BCUT2D eigenvalue weighted by Crippen LogP contribution is -2.01. The maximum absolute atomic E-state index is 6.21. The van der Waals surface area contributed by atoms with Crippen molar-refractivity contribution in [2.75, 3.05) is 7.11 Å². The number of nitrogens with one attached hydrogen (secondary N) is 1. The molecule has 0 aliphatic carbocycles. The SMILES string of the molecule is CCCCc1n[nH]c(=S)n1/N=C/c1ccc(OCc2c(Cl)cccc2Cl)c(OC)c1. The fourth-order valence-electron chi connectivity index (χ4n) is 2.77. The second-order valence-electron chi connectivity index (χ2n) is 6.50. The maximum atomic E-state index is 6.21. The highest BCUT2D eigenvalue weighted by Crippen LogP contribution is 2.31. The van der Waals surface area contributed by atoms with Gasteiger partial charge in [-0.05, 0) is 54.5 Å². The van der Waals surface area contributed by atoms with Gasteiger partial charge >= 0.3 is 0 Å². The molecule has 0 unspecified atom stereocenters. The van der Waals surface area contributed by atoms with Crippen LogP contribution in [0.15, 0.2) is 41.5 Å². The van der Waals surface area contributed by atoms with E-state index in [-0.39, 0.29) is 6.61 Å². The number of ether oxygens (including phenoxy) is 2. The van der Waals surface area contributed by atoms with E-state index in [1.807, 2.05) is 18.2 Å². The van der Waals surface area contributed by atoms with Gasteiger partial charge in [0, 0.05) is 22.0 Å². The molecule has 0 aliphatic rings. The molecular weight excluding hydrogens is 443 g/mol. The Morgan fingerprint density at radius 1 is 1.20 bits per heavy atom. The minimum Gasteiger partial charge on any atom is -0.493 e. The Bertz CT molecular complexity index is 1070. The van der Waals surface area contributed by atoms with E-state index in [9.17, 15) is 0 Å². The third kappa shape index (κ3) is 5.41. The van der Waals surface area contributed by atoms with Crippen molar-refractivity contribution in [3.63, 3.8) is 0 Å². The van der Waals surface area contributed by atoms with Crippen molar-refractivity contribution in [2.45, 2.75) is 32.8 Å². The summed E-state index contributed by atoms with van der Waals surface area (Å²) >= 11 is 17.7. The number of rotatable bonds is 9. The molecule has 3 aromatic rings. The first-order valence-electron chi connectivity index (χ1n) is 9.47. The molecule has 3 rings (SSSR count). The van der Waals surface area contributed by atoms with E-state index in [0.717, 1.165) is 36.2 Å². The number of benzene rings is 2. The predicted molar refractivity (Wildman–Crippen MR) is 123 cm³/mol. The lowest BCUT2D eigenvalue weighted by molar-refractivity contribution is 0.284. The molecule has 1 aromatic heterocycles. The van der Waals surface area contributed by atoms with Crippen LogP contribution in [0.1, 0.15) is 36.7 Å². The molecule has 0 aliphatic heterocycles. The highest BCUT2D eigenvalue weighted by atomic mass is 35.5. The summed E-state index contributed by atoms with van der Waals surface area (Å²) in [7, 11) is 1.58. The van der Waals surface area contributed by atoms with Crippen LogP contribution in [0, 0.1) is 4.77 Å². The van der Waals surface area contributed by atoms with Crippen molar-refractivity contribution in [2.24, 2.45) is 5.10 Å². The Balaban J connectivity index is 1.77. The molecule has 0 saturated heterocycles. The van der Waals surface area contributed by atoms with Crippen LogP contribution in [-0.4, -0.2) is 28.2 Å². The third-order valence-electron chi connectivity index (χ3n) is 4.42. The van der Waals surface area contributed by atoms with Crippen LogP contribution < -0.4 is 9.47 Å². The molecule has 0 bridgehead atoms. The van der Waals surface area contributed by atoms with E-state index in [4.69, 9.17) is 44.9 Å². The molecule has 0 fully saturated rings. The summed E-state index contributed by atoms with van der Waals surface area (Å²) in [6.45, 7) is 2.36. The molecule has 158 valence electrons. The molecular formula is C21H22Cl2N4O2S. The standard InChI is InChI=1S/C21H22Cl2N4O2S/c1-3-4-8-20-25-26-21(30)27(20)24-12-14-9-10-18(19(11-14)28-2)29-13-15-16(22)6-5-7-17(15)23/h5-7,9-12H,3-4,8,13H2,1-2H3,(H,26,30)/b24-12+. The van der Waals surface area contributed by atoms with Gasteiger partial charge in [-0.15, -0.1) is 0 Å². The van der Waals surface area contributed by atoms with Crippen LogP contribution in [-0.2, 0) is 13.0 Å². The number of aromatic nitrogens is 3. The van der Waals surface area contributed by atoms with Gasteiger partial charge in [0.1, 0.15) is 6.61 Å². The fourth-order valence-corrected chi connectivity index (χ4v) is 3.47. The Morgan fingerprint density at radius 2 is 1.97 bits per heavy atom. The van der Waals surface area contributed by atoms with Gasteiger partial charge in [0.05, 0.1) is 13.3 Å². The van der Waals surface area contributed by atoms with Gasteiger partial charge in [-0.3, -0.25) is 5.10 Å². The topological polar surface area (TPSA) is 64.4 Å². The van der Waals surface area contributed by atoms with Gasteiger partial charge in [-0.1, -0.05) is 42.6 Å². The summed E-state index contributed by atoms with van der Waals surface area (Å²) in [5, 5.41) is 12.6. The summed E-state index contributed by atoms with van der Waals surface area (Å²) in [4.78, 5) is 0. The number of hydrogen-bond acceptors (Lipinski definition) is 5. The van der Waals surface area contributed by atoms with Crippen LogP contribution in [0.2, 0.25) is 10.0 Å². The zero-order valence-electron chi connectivity index (χ0n) is 16.7. The molecule has 0 saturated carbocycles. The number of nitrogens with zero attached hydrogens (tertiary/aromatic N) is 3. The Hall–Kier alpha value is -2.35. The highest BCUT2D eigenvalue weighted by Gasteiger charge is 2.10. The second kappa shape index (κ2) is 10.6. The molecule has 2 aromatic carbocycles. The average molecular weight is 465 g/mol. The number of halogens is 2. The van der Waals surface area contributed by atoms with Crippen LogP contribution in [0.5, 0.6) is 11.5 Å². The first-order chi connectivity index (χ1) is 14.5. The monoisotopic (exact) mass is 464 g/mol. The first-order valence-corrected chi connectivity index (χ1v) is 10.6. The minimum atomic E-state index is 0.229. The van der Waals surface area contributed by atoms with Gasteiger partial charge in [-0.2, -0.15) is 14.9 Å². The summed E-state index contributed by atoms with van der Waals surface area (Å²) in [6, 6.07) is 10.9. The molecule has 1 N–H and O–H groups in total. The molecule has 0 radical (unpaired) electrons. The second-order valence-corrected chi connectivity index (χ2v) is 7.71. The number of aromatic amines is 1. The maximum Gasteiger partial charge on any atom is 0.216 e. The first kappa shape index (κ1) is 22.3. The fraction of sp³-hybridized carbons (Fsp3) is 0.286. The van der Waals surface area contributed by atoms with Crippen molar-refractivity contribution in [1.29, 1.82) is 0 Å². The zero-order valence-corrected chi connectivity index (χ0v) is 19.0. The number of H-pyrrole nitrogens is 1. The van der Waals surface area contributed by atoms with Crippen molar-refractivity contribution in [3.8, 4) is 11.5 Å². The number of unbranched alkanes of at least 4 members (excludes halogenated alkanes) is 1. The van der Waals surface area contributed by atoms with Crippen LogP contribution >= 0.6 is 35.4 Å². The van der Waals surface area contributed by atoms with Crippen LogP contribution in [0.25, 0.3) is 0 Å². The van der Waals surface area contributed by atoms with Crippen molar-refractivity contribution in [3.05, 3.63) is 68.2 Å². The zero-order chi connectivity index (χ0) is 21.5. The van der Waals surface area contributed by atoms with E-state index in [1.54, 1.807) is 36.2 Å². The van der Waals surface area contributed by atoms with Gasteiger partial charge in [0.25, 0.3) is 0 Å². The number of aryl methyl sites for hydroxylation is 1. The quantitative estimate of drug-likeness (QED) is 0.308.